The third-order valence-corrected chi connectivity index (χ3v) is 6.15. The van der Waals surface area contributed by atoms with Gasteiger partial charge in [-0.2, -0.15) is 0 Å². The number of hydrogen-bond acceptors (Lipinski definition) is 7. The standard InChI is InChI=1S/C25H21N5O2S/c1-17-6-3-4-8-23(17)30-24(19-7-5-13-26-15-19)27-28-25(30)33-16-21-14-22(29-32-21)18-9-11-20(31-2)12-10-18/h3-15H,16H2,1-2H3. The lowest BCUT2D eigenvalue weighted by molar-refractivity contribution is 0.397. The first kappa shape index (κ1) is 21.0. The quantitative estimate of drug-likeness (QED) is 0.296. The van der Waals surface area contributed by atoms with Gasteiger partial charge in [0.1, 0.15) is 17.2 Å². The molecule has 0 unspecified atom stereocenters. The number of pyridine rings is 1. The summed E-state index contributed by atoms with van der Waals surface area (Å²) in [5, 5.41) is 14.0. The molecule has 0 radical (unpaired) electrons. The number of methoxy groups -OCH3 is 1. The molecule has 2 aromatic carbocycles. The van der Waals surface area contributed by atoms with Gasteiger partial charge in [0.15, 0.2) is 11.0 Å². The van der Waals surface area contributed by atoms with Crippen LogP contribution in [0.2, 0.25) is 0 Å². The minimum absolute atomic E-state index is 0.570. The van der Waals surface area contributed by atoms with Crippen LogP contribution in [0, 0.1) is 6.92 Å². The number of benzene rings is 2. The predicted octanol–water partition coefficient (Wildman–Crippen LogP) is 5.59. The van der Waals surface area contributed by atoms with E-state index in [0.717, 1.165) is 50.6 Å². The largest absolute Gasteiger partial charge is 0.497 e. The van der Waals surface area contributed by atoms with Gasteiger partial charge in [0.05, 0.1) is 18.6 Å². The van der Waals surface area contributed by atoms with Crippen molar-refractivity contribution in [2.75, 3.05) is 7.11 Å². The van der Waals surface area contributed by atoms with Gasteiger partial charge in [-0.1, -0.05) is 35.1 Å². The SMILES string of the molecule is COc1ccc(-c2cc(CSc3nnc(-c4cccnc4)n3-c3ccccc3C)on2)cc1. The fraction of sp³-hybridized carbons (Fsp3) is 0.120. The maximum atomic E-state index is 5.59. The Bertz CT molecular complexity index is 1360. The van der Waals surface area contributed by atoms with Crippen molar-refractivity contribution in [1.82, 2.24) is 24.9 Å². The molecule has 0 saturated heterocycles. The van der Waals surface area contributed by atoms with Crippen molar-refractivity contribution < 1.29 is 9.26 Å². The van der Waals surface area contributed by atoms with E-state index in [9.17, 15) is 0 Å². The van der Waals surface area contributed by atoms with Crippen molar-refractivity contribution >= 4 is 11.8 Å². The monoisotopic (exact) mass is 455 g/mol. The molecule has 0 amide bonds. The van der Waals surface area contributed by atoms with E-state index >= 15 is 0 Å². The van der Waals surface area contributed by atoms with Crippen molar-refractivity contribution in [2.24, 2.45) is 0 Å². The van der Waals surface area contributed by atoms with Crippen molar-refractivity contribution in [1.29, 1.82) is 0 Å². The van der Waals surface area contributed by atoms with Crippen LogP contribution in [-0.4, -0.2) is 32.0 Å². The van der Waals surface area contributed by atoms with Crippen molar-refractivity contribution in [2.45, 2.75) is 17.8 Å². The number of hydrogen-bond donors (Lipinski definition) is 0. The summed E-state index contributed by atoms with van der Waals surface area (Å²) in [6.45, 7) is 2.08. The number of para-hydroxylation sites is 1. The van der Waals surface area contributed by atoms with Gasteiger partial charge in [-0.25, -0.2) is 0 Å². The van der Waals surface area contributed by atoms with Crippen LogP contribution in [0.15, 0.2) is 88.8 Å². The third-order valence-electron chi connectivity index (χ3n) is 5.20. The van der Waals surface area contributed by atoms with Gasteiger partial charge in [-0.3, -0.25) is 9.55 Å². The summed E-state index contributed by atoms with van der Waals surface area (Å²) in [7, 11) is 1.65. The minimum Gasteiger partial charge on any atom is -0.497 e. The molecule has 7 nitrogen and oxygen atoms in total. The van der Waals surface area contributed by atoms with E-state index in [1.165, 1.54) is 0 Å². The summed E-state index contributed by atoms with van der Waals surface area (Å²) >= 11 is 1.55. The van der Waals surface area contributed by atoms with E-state index in [-0.39, 0.29) is 0 Å². The lowest BCUT2D eigenvalue weighted by Gasteiger charge is -2.12. The van der Waals surface area contributed by atoms with Crippen LogP contribution in [0.3, 0.4) is 0 Å². The lowest BCUT2D eigenvalue weighted by atomic mass is 10.1. The molecule has 0 saturated carbocycles. The Morgan fingerprint density at radius 1 is 0.970 bits per heavy atom. The number of ether oxygens (including phenoxy) is 1. The zero-order chi connectivity index (χ0) is 22.6. The predicted molar refractivity (Wildman–Crippen MR) is 127 cm³/mol. The lowest BCUT2D eigenvalue weighted by Crippen LogP contribution is -2.02. The van der Waals surface area contributed by atoms with Crippen LogP contribution < -0.4 is 4.74 Å². The molecule has 3 heterocycles. The van der Waals surface area contributed by atoms with Crippen LogP contribution in [0.1, 0.15) is 11.3 Å². The number of aryl methyl sites for hydroxylation is 1. The Balaban J connectivity index is 1.43. The minimum atomic E-state index is 0.570. The summed E-state index contributed by atoms with van der Waals surface area (Å²) < 4.78 is 12.9. The van der Waals surface area contributed by atoms with E-state index in [1.54, 1.807) is 31.3 Å². The molecule has 164 valence electrons. The third kappa shape index (κ3) is 4.38. The summed E-state index contributed by atoms with van der Waals surface area (Å²) in [4.78, 5) is 4.24. The van der Waals surface area contributed by atoms with Crippen molar-refractivity contribution in [3.05, 3.63) is 90.4 Å². The maximum Gasteiger partial charge on any atom is 0.196 e. The fourth-order valence-electron chi connectivity index (χ4n) is 3.49. The van der Waals surface area contributed by atoms with E-state index in [1.807, 2.05) is 54.6 Å². The zero-order valence-corrected chi connectivity index (χ0v) is 19.0. The first-order valence-corrected chi connectivity index (χ1v) is 11.4. The highest BCUT2D eigenvalue weighted by molar-refractivity contribution is 7.98. The highest BCUT2D eigenvalue weighted by Gasteiger charge is 2.18. The Kier molecular flexibility index (Phi) is 5.91. The maximum absolute atomic E-state index is 5.59. The van der Waals surface area contributed by atoms with Crippen LogP contribution in [0.5, 0.6) is 5.75 Å². The second-order valence-corrected chi connectivity index (χ2v) is 8.31. The van der Waals surface area contributed by atoms with E-state index in [0.29, 0.717) is 5.75 Å². The molecule has 0 fully saturated rings. The van der Waals surface area contributed by atoms with Gasteiger partial charge < -0.3 is 9.26 Å². The Morgan fingerprint density at radius 3 is 2.58 bits per heavy atom. The highest BCUT2D eigenvalue weighted by atomic mass is 32.2. The van der Waals surface area contributed by atoms with E-state index < -0.39 is 0 Å². The molecular formula is C25H21N5O2S. The van der Waals surface area contributed by atoms with Gasteiger partial charge in [0.25, 0.3) is 0 Å². The van der Waals surface area contributed by atoms with Crippen molar-refractivity contribution in [3.63, 3.8) is 0 Å². The molecule has 0 aliphatic heterocycles. The van der Waals surface area contributed by atoms with Gasteiger partial charge >= 0.3 is 0 Å². The molecule has 5 rings (SSSR count). The topological polar surface area (TPSA) is 78.9 Å². The Morgan fingerprint density at radius 2 is 1.82 bits per heavy atom. The van der Waals surface area contributed by atoms with Gasteiger partial charge in [-0.15, -0.1) is 10.2 Å². The number of rotatable bonds is 7. The second-order valence-electron chi connectivity index (χ2n) is 7.37. The highest BCUT2D eigenvalue weighted by Crippen LogP contribution is 2.31. The molecule has 0 N–H and O–H groups in total. The molecule has 0 bridgehead atoms. The second kappa shape index (κ2) is 9.30. The molecule has 0 atom stereocenters. The van der Waals surface area contributed by atoms with Gasteiger partial charge in [0.2, 0.25) is 0 Å². The molecule has 8 heteroatoms. The molecule has 3 aromatic heterocycles. The Labute approximate surface area is 195 Å². The zero-order valence-electron chi connectivity index (χ0n) is 18.2. The first-order valence-electron chi connectivity index (χ1n) is 10.4. The van der Waals surface area contributed by atoms with E-state index in [4.69, 9.17) is 9.26 Å². The average molecular weight is 456 g/mol. The van der Waals surface area contributed by atoms with Gasteiger partial charge in [-0.05, 0) is 55.0 Å². The number of thioether (sulfide) groups is 1. The molecule has 0 spiro atoms. The van der Waals surface area contributed by atoms with Crippen LogP contribution in [0.25, 0.3) is 28.3 Å². The number of nitrogens with zero attached hydrogens (tertiary/aromatic N) is 5. The normalized spacial score (nSPS) is 11.0. The summed E-state index contributed by atoms with van der Waals surface area (Å²) in [6, 6.07) is 21.7. The smallest absolute Gasteiger partial charge is 0.196 e. The van der Waals surface area contributed by atoms with Crippen LogP contribution in [-0.2, 0) is 5.75 Å². The summed E-state index contributed by atoms with van der Waals surface area (Å²) in [6.07, 6.45) is 3.54. The molecule has 5 aromatic rings. The Hall–Kier alpha value is -3.91. The van der Waals surface area contributed by atoms with Crippen LogP contribution >= 0.6 is 11.8 Å². The van der Waals surface area contributed by atoms with Crippen LogP contribution in [0.4, 0.5) is 0 Å². The fourth-order valence-corrected chi connectivity index (χ4v) is 4.31. The van der Waals surface area contributed by atoms with Crippen molar-refractivity contribution in [3.8, 4) is 34.1 Å². The molecular weight excluding hydrogens is 434 g/mol. The summed E-state index contributed by atoms with van der Waals surface area (Å²) in [5.41, 5.74) is 4.81. The molecule has 0 aliphatic rings. The number of aromatic nitrogens is 5. The average Bonchev–Trinajstić information content (AvgIpc) is 3.51. The molecule has 33 heavy (non-hydrogen) atoms. The molecule has 0 aliphatic carbocycles. The summed E-state index contributed by atoms with van der Waals surface area (Å²) in [5.74, 6) is 2.88. The first-order chi connectivity index (χ1) is 16.2. The van der Waals surface area contributed by atoms with Gasteiger partial charge in [0, 0.05) is 29.6 Å². The van der Waals surface area contributed by atoms with E-state index in [2.05, 4.69) is 44.0 Å².